The average Bonchev–Trinajstić information content (AvgIpc) is 2.90. The molecule has 208 valence electrons. The van der Waals surface area contributed by atoms with Gasteiger partial charge in [0.25, 0.3) is 0 Å². The molecular weight excluding hydrogens is 502 g/mol. The lowest BCUT2D eigenvalue weighted by atomic mass is 9.95. The lowest BCUT2D eigenvalue weighted by Crippen LogP contribution is -2.50. The zero-order valence-electron chi connectivity index (χ0n) is 23.0. The molecule has 1 saturated carbocycles. The van der Waals surface area contributed by atoms with Crippen LogP contribution < -0.4 is 14.4 Å². The third-order valence-electron chi connectivity index (χ3n) is 7.21. The molecule has 1 fully saturated rings. The number of methoxy groups -OCH3 is 1. The predicted molar refractivity (Wildman–Crippen MR) is 151 cm³/mol. The summed E-state index contributed by atoms with van der Waals surface area (Å²) in [6.45, 7) is 4.21. The minimum absolute atomic E-state index is 0.114. The molecule has 2 aromatic rings. The smallest absolute Gasteiger partial charge is 0.242 e. The average molecular weight is 544 g/mol. The Labute approximate surface area is 227 Å². The highest BCUT2D eigenvalue weighted by atomic mass is 32.2. The number of benzene rings is 2. The van der Waals surface area contributed by atoms with E-state index in [9.17, 15) is 18.0 Å². The van der Waals surface area contributed by atoms with E-state index in [-0.39, 0.29) is 30.8 Å². The molecule has 0 spiro atoms. The van der Waals surface area contributed by atoms with Crippen molar-refractivity contribution < 1.29 is 22.7 Å². The second-order valence-electron chi connectivity index (χ2n) is 10.1. The van der Waals surface area contributed by atoms with E-state index in [4.69, 9.17) is 4.74 Å². The number of nitrogens with zero attached hydrogens (tertiary/aromatic N) is 2. The summed E-state index contributed by atoms with van der Waals surface area (Å²) in [6.07, 6.45) is 6.92. The van der Waals surface area contributed by atoms with Gasteiger partial charge < -0.3 is 15.0 Å². The maximum atomic E-state index is 13.5. The Morgan fingerprint density at radius 1 is 1.08 bits per heavy atom. The summed E-state index contributed by atoms with van der Waals surface area (Å²) in [5.41, 5.74) is 2.51. The van der Waals surface area contributed by atoms with Gasteiger partial charge in [-0.2, -0.15) is 0 Å². The first-order chi connectivity index (χ1) is 18.1. The summed E-state index contributed by atoms with van der Waals surface area (Å²) < 4.78 is 31.6. The number of aryl methyl sites for hydroxylation is 1. The Morgan fingerprint density at radius 3 is 2.45 bits per heavy atom. The summed E-state index contributed by atoms with van der Waals surface area (Å²) in [5, 5.41) is 3.15. The van der Waals surface area contributed by atoms with Gasteiger partial charge in [-0.1, -0.05) is 49.6 Å². The van der Waals surface area contributed by atoms with Crippen LogP contribution in [0.2, 0.25) is 0 Å². The van der Waals surface area contributed by atoms with Gasteiger partial charge in [0, 0.05) is 31.6 Å². The van der Waals surface area contributed by atoms with Crippen LogP contribution in [0.25, 0.3) is 0 Å². The largest absolute Gasteiger partial charge is 0.497 e. The maximum absolute atomic E-state index is 13.5. The van der Waals surface area contributed by atoms with Gasteiger partial charge in [-0.25, -0.2) is 8.42 Å². The fourth-order valence-corrected chi connectivity index (χ4v) is 5.85. The van der Waals surface area contributed by atoms with Gasteiger partial charge in [0.1, 0.15) is 11.8 Å². The van der Waals surface area contributed by atoms with Crippen LogP contribution >= 0.6 is 0 Å². The molecule has 1 aliphatic carbocycles. The third-order valence-corrected chi connectivity index (χ3v) is 8.41. The Balaban J connectivity index is 1.73. The number of amides is 2. The summed E-state index contributed by atoms with van der Waals surface area (Å²) >= 11 is 0. The minimum Gasteiger partial charge on any atom is -0.497 e. The molecule has 1 aliphatic rings. The zero-order valence-corrected chi connectivity index (χ0v) is 23.8. The van der Waals surface area contributed by atoms with E-state index in [2.05, 4.69) is 5.32 Å². The van der Waals surface area contributed by atoms with Crippen molar-refractivity contribution in [2.75, 3.05) is 24.2 Å². The van der Waals surface area contributed by atoms with Crippen LogP contribution in [0, 0.1) is 6.92 Å². The van der Waals surface area contributed by atoms with Crippen LogP contribution in [0.3, 0.4) is 0 Å². The molecule has 9 heteroatoms. The first-order valence-electron chi connectivity index (χ1n) is 13.4. The van der Waals surface area contributed by atoms with Gasteiger partial charge in [-0.15, -0.1) is 0 Å². The standard InChI is InChI=1S/C29H41N3O5S/c1-22-12-8-9-13-24(22)21-31(23(2)29(34)30-25-14-6-5-7-15-25)28(33)18-11-19-32(38(4,35)36)26-16-10-17-27(20-26)37-3/h8-10,12-13,16-17,20,23,25H,5-7,11,14-15,18-19,21H2,1-4H3,(H,30,34)/t23-/m1/s1. The maximum Gasteiger partial charge on any atom is 0.242 e. The van der Waals surface area contributed by atoms with E-state index < -0.39 is 16.1 Å². The number of rotatable bonds is 12. The first kappa shape index (κ1) is 29.5. The van der Waals surface area contributed by atoms with Crippen LogP contribution in [-0.2, 0) is 26.2 Å². The normalized spacial score (nSPS) is 14.9. The van der Waals surface area contributed by atoms with Crippen LogP contribution in [0.1, 0.15) is 63.0 Å². The van der Waals surface area contributed by atoms with Crippen molar-refractivity contribution in [3.63, 3.8) is 0 Å². The van der Waals surface area contributed by atoms with E-state index in [1.54, 1.807) is 36.1 Å². The number of anilines is 1. The third kappa shape index (κ3) is 8.21. The topological polar surface area (TPSA) is 96.0 Å². The minimum atomic E-state index is -3.57. The first-order valence-corrected chi connectivity index (χ1v) is 15.2. The van der Waals surface area contributed by atoms with E-state index in [0.29, 0.717) is 24.4 Å². The molecule has 0 heterocycles. The molecule has 8 nitrogen and oxygen atoms in total. The molecule has 2 aromatic carbocycles. The molecule has 0 saturated heterocycles. The number of ether oxygens (including phenoxy) is 1. The molecule has 3 rings (SSSR count). The SMILES string of the molecule is COc1cccc(N(CCCC(=O)N(Cc2ccccc2C)[C@H](C)C(=O)NC2CCCCC2)S(C)(=O)=O)c1. The number of sulfonamides is 1. The van der Waals surface area contributed by atoms with Crippen molar-refractivity contribution in [3.05, 3.63) is 59.7 Å². The van der Waals surface area contributed by atoms with Gasteiger partial charge in [-0.3, -0.25) is 13.9 Å². The number of nitrogens with one attached hydrogen (secondary N) is 1. The summed E-state index contributed by atoms with van der Waals surface area (Å²) in [7, 11) is -2.05. The van der Waals surface area contributed by atoms with E-state index in [1.807, 2.05) is 31.2 Å². The van der Waals surface area contributed by atoms with Gasteiger partial charge in [-0.05, 0) is 56.4 Å². The Morgan fingerprint density at radius 2 is 1.79 bits per heavy atom. The van der Waals surface area contributed by atoms with Gasteiger partial charge in [0.15, 0.2) is 0 Å². The highest BCUT2D eigenvalue weighted by Gasteiger charge is 2.28. The zero-order chi connectivity index (χ0) is 27.7. The van der Waals surface area contributed by atoms with Crippen molar-refractivity contribution in [1.29, 1.82) is 0 Å². The Bertz CT molecular complexity index is 1190. The molecule has 2 amide bonds. The molecule has 0 aromatic heterocycles. The van der Waals surface area contributed by atoms with Gasteiger partial charge in [0.05, 0.1) is 19.1 Å². The second kappa shape index (κ2) is 13.6. The number of hydrogen-bond acceptors (Lipinski definition) is 5. The van der Waals surface area contributed by atoms with Crippen LogP contribution in [0.4, 0.5) is 5.69 Å². The molecule has 38 heavy (non-hydrogen) atoms. The summed E-state index contributed by atoms with van der Waals surface area (Å²) in [5.74, 6) is 0.223. The van der Waals surface area contributed by atoms with Crippen molar-refractivity contribution in [2.45, 2.75) is 77.4 Å². The number of carbonyl (C=O) groups excluding carboxylic acids is 2. The molecule has 0 aliphatic heterocycles. The molecule has 0 radical (unpaired) electrons. The fourth-order valence-electron chi connectivity index (χ4n) is 4.89. The lowest BCUT2D eigenvalue weighted by molar-refractivity contribution is -0.141. The van der Waals surface area contributed by atoms with Crippen LogP contribution in [0.15, 0.2) is 48.5 Å². The van der Waals surface area contributed by atoms with Crippen molar-refractivity contribution in [1.82, 2.24) is 10.2 Å². The molecular formula is C29H41N3O5S. The highest BCUT2D eigenvalue weighted by Crippen LogP contribution is 2.24. The molecule has 1 atom stereocenters. The van der Waals surface area contributed by atoms with Crippen molar-refractivity contribution in [3.8, 4) is 5.75 Å². The van der Waals surface area contributed by atoms with Gasteiger partial charge >= 0.3 is 0 Å². The predicted octanol–water partition coefficient (Wildman–Crippen LogP) is 4.42. The fraction of sp³-hybridized carbons (Fsp3) is 0.517. The molecule has 0 bridgehead atoms. The lowest BCUT2D eigenvalue weighted by Gasteiger charge is -2.32. The monoisotopic (exact) mass is 543 g/mol. The Hall–Kier alpha value is -3.07. The van der Waals surface area contributed by atoms with E-state index in [1.165, 1.54) is 17.8 Å². The number of carbonyl (C=O) groups is 2. The highest BCUT2D eigenvalue weighted by molar-refractivity contribution is 7.92. The van der Waals surface area contributed by atoms with Crippen LogP contribution in [-0.4, -0.2) is 57.1 Å². The second-order valence-corrected chi connectivity index (χ2v) is 12.0. The molecule has 1 N–H and O–H groups in total. The van der Waals surface area contributed by atoms with Crippen LogP contribution in [0.5, 0.6) is 5.75 Å². The summed E-state index contributed by atoms with van der Waals surface area (Å²) in [4.78, 5) is 28.3. The Kier molecular flexibility index (Phi) is 10.6. The van der Waals surface area contributed by atoms with Gasteiger partial charge in [0.2, 0.25) is 21.8 Å². The quantitative estimate of drug-likeness (QED) is 0.428. The van der Waals surface area contributed by atoms with E-state index >= 15 is 0 Å². The van der Waals surface area contributed by atoms with E-state index in [0.717, 1.165) is 43.1 Å². The summed E-state index contributed by atoms with van der Waals surface area (Å²) in [6, 6.07) is 14.2. The molecule has 0 unspecified atom stereocenters. The van der Waals surface area contributed by atoms with Crippen molar-refractivity contribution >= 4 is 27.5 Å². The number of hydrogen-bond donors (Lipinski definition) is 1. The van der Waals surface area contributed by atoms with Crippen molar-refractivity contribution in [2.24, 2.45) is 0 Å².